The summed E-state index contributed by atoms with van der Waals surface area (Å²) in [7, 11) is 0. The van der Waals surface area contributed by atoms with Gasteiger partial charge in [0.2, 0.25) is 17.8 Å². The summed E-state index contributed by atoms with van der Waals surface area (Å²) in [4.78, 5) is 37.5. The highest BCUT2D eigenvalue weighted by atomic mass is 32.2. The molecule has 2 amide bonds. The summed E-state index contributed by atoms with van der Waals surface area (Å²) < 4.78 is 0. The molecule has 1 saturated carbocycles. The number of nitrogens with zero attached hydrogens (tertiary/aromatic N) is 3. The Balaban J connectivity index is 1.32. The minimum Gasteiger partial charge on any atom is -0.368 e. The second kappa shape index (κ2) is 10.3. The molecule has 0 unspecified atom stereocenters. The van der Waals surface area contributed by atoms with E-state index in [1.807, 2.05) is 37.3 Å². The van der Waals surface area contributed by atoms with Crippen molar-refractivity contribution >= 4 is 46.8 Å². The number of hydrogen-bond acceptors (Lipinski definition) is 8. The summed E-state index contributed by atoms with van der Waals surface area (Å²) in [5.41, 5.74) is 7.80. The molecule has 0 aliphatic heterocycles. The van der Waals surface area contributed by atoms with Gasteiger partial charge in [-0.1, -0.05) is 24.3 Å². The van der Waals surface area contributed by atoms with Gasteiger partial charge in [-0.25, -0.2) is 0 Å². The molecule has 10 heteroatoms. The molecule has 1 atom stereocenters. The number of thioether (sulfide) groups is 1. The van der Waals surface area contributed by atoms with Crippen LogP contribution in [0.25, 0.3) is 0 Å². The maximum atomic E-state index is 12.5. The summed E-state index contributed by atoms with van der Waals surface area (Å²) in [5, 5.41) is 8.70. The number of hydrogen-bond donors (Lipinski definition) is 4. The highest BCUT2D eigenvalue weighted by molar-refractivity contribution is 8.00. The van der Waals surface area contributed by atoms with E-state index in [4.69, 9.17) is 5.73 Å². The third-order valence-electron chi connectivity index (χ3n) is 4.85. The van der Waals surface area contributed by atoms with Gasteiger partial charge in [0, 0.05) is 23.0 Å². The van der Waals surface area contributed by atoms with E-state index in [9.17, 15) is 9.59 Å². The Hall–Kier alpha value is -3.66. The van der Waals surface area contributed by atoms with Crippen molar-refractivity contribution in [2.75, 3.05) is 22.1 Å². The predicted molar refractivity (Wildman–Crippen MR) is 130 cm³/mol. The molecule has 0 spiro atoms. The summed E-state index contributed by atoms with van der Waals surface area (Å²) in [6.07, 6.45) is 2.04. The first-order chi connectivity index (χ1) is 16.0. The number of anilines is 4. The number of aromatic nitrogens is 3. The van der Waals surface area contributed by atoms with Gasteiger partial charge in [-0.05, 0) is 50.1 Å². The molecule has 3 aromatic rings. The monoisotopic (exact) mass is 463 g/mol. The topological polar surface area (TPSA) is 135 Å². The summed E-state index contributed by atoms with van der Waals surface area (Å²) in [6.45, 7) is 1.90. The molecule has 9 nitrogen and oxygen atoms in total. The lowest BCUT2D eigenvalue weighted by atomic mass is 10.2. The maximum Gasteiger partial charge on any atom is 0.251 e. The van der Waals surface area contributed by atoms with Crippen LogP contribution in [0.3, 0.4) is 0 Å². The zero-order valence-electron chi connectivity index (χ0n) is 18.1. The fourth-order valence-corrected chi connectivity index (χ4v) is 3.73. The molecule has 33 heavy (non-hydrogen) atoms. The molecule has 1 heterocycles. The maximum absolute atomic E-state index is 12.5. The molecule has 2 aromatic carbocycles. The summed E-state index contributed by atoms with van der Waals surface area (Å²) in [5.74, 6) is 0.823. The Labute approximate surface area is 196 Å². The number of nitrogens with one attached hydrogen (secondary N) is 3. The SMILES string of the molecule is C[C@H](SCC(=O)Nc1cccc(C(=O)NC2CC2)c1)c1nc(N)nc(Nc2ccccc2)n1. The van der Waals surface area contributed by atoms with Gasteiger partial charge in [0.25, 0.3) is 5.91 Å². The van der Waals surface area contributed by atoms with E-state index in [1.54, 1.807) is 24.3 Å². The lowest BCUT2D eigenvalue weighted by Crippen LogP contribution is -2.25. The Morgan fingerprint density at radius 3 is 2.58 bits per heavy atom. The van der Waals surface area contributed by atoms with E-state index in [1.165, 1.54) is 11.8 Å². The van der Waals surface area contributed by atoms with Crippen LogP contribution >= 0.6 is 11.8 Å². The zero-order chi connectivity index (χ0) is 23.2. The molecular weight excluding hydrogens is 438 g/mol. The van der Waals surface area contributed by atoms with Gasteiger partial charge in [0.1, 0.15) is 5.82 Å². The lowest BCUT2D eigenvalue weighted by molar-refractivity contribution is -0.113. The standard InChI is InChI=1S/C23H25N7O2S/c1-14(20-28-22(24)30-23(29-20)27-16-7-3-2-4-8-16)33-13-19(31)25-18-9-5-6-15(12-18)21(32)26-17-10-11-17/h2-9,12,14,17H,10-11,13H2,1H3,(H,25,31)(H,26,32)(H3,24,27,28,29,30)/t14-/m0/s1. The van der Waals surface area contributed by atoms with Gasteiger partial charge in [0.05, 0.1) is 11.0 Å². The van der Waals surface area contributed by atoms with Crippen molar-refractivity contribution in [3.8, 4) is 0 Å². The number of nitrogens with two attached hydrogens (primary N) is 1. The van der Waals surface area contributed by atoms with Gasteiger partial charge in [-0.15, -0.1) is 11.8 Å². The third kappa shape index (κ3) is 6.66. The minimum atomic E-state index is -0.187. The van der Waals surface area contributed by atoms with Crippen molar-refractivity contribution in [2.24, 2.45) is 0 Å². The van der Waals surface area contributed by atoms with Crippen LogP contribution in [0.15, 0.2) is 54.6 Å². The Bertz CT molecular complexity index is 1140. The fourth-order valence-electron chi connectivity index (χ4n) is 3.00. The van der Waals surface area contributed by atoms with Crippen molar-refractivity contribution in [2.45, 2.75) is 31.1 Å². The van der Waals surface area contributed by atoms with Crippen molar-refractivity contribution in [3.05, 3.63) is 66.0 Å². The average Bonchev–Trinajstić information content (AvgIpc) is 3.62. The van der Waals surface area contributed by atoms with Gasteiger partial charge < -0.3 is 21.7 Å². The molecule has 1 aromatic heterocycles. The first kappa shape index (κ1) is 22.5. The van der Waals surface area contributed by atoms with Crippen LogP contribution in [-0.4, -0.2) is 38.6 Å². The number of amides is 2. The Morgan fingerprint density at radius 1 is 1.06 bits per heavy atom. The van der Waals surface area contributed by atoms with E-state index in [-0.39, 0.29) is 34.8 Å². The van der Waals surface area contributed by atoms with Crippen molar-refractivity contribution in [1.29, 1.82) is 0 Å². The fraction of sp³-hybridized carbons (Fsp3) is 0.261. The molecule has 0 saturated heterocycles. The number of benzene rings is 2. The van der Waals surface area contributed by atoms with Gasteiger partial charge >= 0.3 is 0 Å². The smallest absolute Gasteiger partial charge is 0.251 e. The van der Waals surface area contributed by atoms with Gasteiger partial charge in [0.15, 0.2) is 0 Å². The van der Waals surface area contributed by atoms with Gasteiger partial charge in [-0.3, -0.25) is 9.59 Å². The minimum absolute atomic E-state index is 0.108. The van der Waals surface area contributed by atoms with E-state index >= 15 is 0 Å². The largest absolute Gasteiger partial charge is 0.368 e. The second-order valence-corrected chi connectivity index (χ2v) is 9.03. The number of carbonyl (C=O) groups is 2. The van der Waals surface area contributed by atoms with E-state index in [0.717, 1.165) is 18.5 Å². The number of para-hydroxylation sites is 1. The molecule has 0 radical (unpaired) electrons. The van der Waals surface area contributed by atoms with Crippen LogP contribution in [0, 0.1) is 0 Å². The summed E-state index contributed by atoms with van der Waals surface area (Å²) in [6, 6.07) is 16.7. The first-order valence-electron chi connectivity index (χ1n) is 10.6. The molecular formula is C23H25N7O2S. The molecule has 1 aliphatic rings. The van der Waals surface area contributed by atoms with Crippen LogP contribution in [0.4, 0.5) is 23.3 Å². The Morgan fingerprint density at radius 2 is 1.82 bits per heavy atom. The lowest BCUT2D eigenvalue weighted by Gasteiger charge is -2.13. The molecule has 5 N–H and O–H groups in total. The first-order valence-corrected chi connectivity index (χ1v) is 11.7. The van der Waals surface area contributed by atoms with Crippen molar-refractivity contribution in [3.63, 3.8) is 0 Å². The number of nitrogen functional groups attached to an aromatic ring is 1. The Kier molecular flexibility index (Phi) is 7.04. The van der Waals surface area contributed by atoms with Crippen molar-refractivity contribution in [1.82, 2.24) is 20.3 Å². The van der Waals surface area contributed by atoms with Gasteiger partial charge in [-0.2, -0.15) is 15.0 Å². The number of rotatable bonds is 9. The number of carbonyl (C=O) groups excluding carboxylic acids is 2. The predicted octanol–water partition coefficient (Wildman–Crippen LogP) is 3.52. The highest BCUT2D eigenvalue weighted by Gasteiger charge is 2.24. The van der Waals surface area contributed by atoms with E-state index < -0.39 is 0 Å². The highest BCUT2D eigenvalue weighted by Crippen LogP contribution is 2.27. The van der Waals surface area contributed by atoms with Crippen LogP contribution in [0.2, 0.25) is 0 Å². The molecule has 170 valence electrons. The molecule has 1 fully saturated rings. The van der Waals surface area contributed by atoms with E-state index in [2.05, 4.69) is 30.9 Å². The van der Waals surface area contributed by atoms with Crippen LogP contribution < -0.4 is 21.7 Å². The van der Waals surface area contributed by atoms with E-state index in [0.29, 0.717) is 23.0 Å². The van der Waals surface area contributed by atoms with Crippen molar-refractivity contribution < 1.29 is 9.59 Å². The molecule has 1 aliphatic carbocycles. The molecule has 0 bridgehead atoms. The average molecular weight is 464 g/mol. The summed E-state index contributed by atoms with van der Waals surface area (Å²) >= 11 is 1.38. The third-order valence-corrected chi connectivity index (χ3v) is 5.99. The quantitative estimate of drug-likeness (QED) is 0.379. The molecule has 4 rings (SSSR count). The van der Waals surface area contributed by atoms with Crippen LogP contribution in [0.1, 0.15) is 41.2 Å². The normalized spacial score (nSPS) is 13.7. The zero-order valence-corrected chi connectivity index (χ0v) is 18.9. The van der Waals surface area contributed by atoms with Crippen LogP contribution in [-0.2, 0) is 4.79 Å². The second-order valence-electron chi connectivity index (χ2n) is 7.70. The van der Waals surface area contributed by atoms with Crippen LogP contribution in [0.5, 0.6) is 0 Å².